The van der Waals surface area contributed by atoms with Crippen molar-refractivity contribution >= 4 is 31.7 Å². The zero-order valence-electron chi connectivity index (χ0n) is 8.24. The number of ketones is 1. The van der Waals surface area contributed by atoms with Gasteiger partial charge < -0.3 is 0 Å². The van der Waals surface area contributed by atoms with Crippen LogP contribution in [0.2, 0.25) is 0 Å². The lowest BCUT2D eigenvalue weighted by Gasteiger charge is -2.05. The largest absolute Gasteiger partial charge is 0.294 e. The molecule has 0 bridgehead atoms. The van der Waals surface area contributed by atoms with Gasteiger partial charge in [-0.3, -0.25) is 4.79 Å². The first kappa shape index (κ1) is 12.4. The Bertz CT molecular complexity index is 496. The van der Waals surface area contributed by atoms with Gasteiger partial charge in [0, 0.05) is 10.0 Å². The van der Waals surface area contributed by atoms with E-state index in [2.05, 4.69) is 20.7 Å². The summed E-state index contributed by atoms with van der Waals surface area (Å²) in [6, 6.07) is 4.28. The minimum Gasteiger partial charge on any atom is -0.294 e. The molecule has 15 heavy (non-hydrogen) atoms. The molecule has 0 amide bonds. The van der Waals surface area contributed by atoms with E-state index < -0.39 is 10.0 Å². The number of Topliss-reactive ketones (excluding diaryl/α,β-unsaturated/α-hetero) is 1. The molecule has 1 aromatic carbocycles. The van der Waals surface area contributed by atoms with Crippen LogP contribution in [0, 0.1) is 0 Å². The van der Waals surface area contributed by atoms with Gasteiger partial charge in [-0.15, -0.1) is 0 Å². The van der Waals surface area contributed by atoms with Gasteiger partial charge in [0.05, 0.1) is 4.90 Å². The van der Waals surface area contributed by atoms with Crippen LogP contribution in [0.1, 0.15) is 17.3 Å². The molecular formula is C9H10BrNO3S. The number of benzene rings is 1. The molecule has 0 aliphatic rings. The highest BCUT2D eigenvalue weighted by Gasteiger charge is 2.14. The first-order chi connectivity index (χ1) is 6.88. The number of carbonyl (C=O) groups is 1. The van der Waals surface area contributed by atoms with E-state index in [4.69, 9.17) is 0 Å². The summed E-state index contributed by atoms with van der Waals surface area (Å²) in [4.78, 5) is 11.2. The minimum atomic E-state index is -3.45. The molecule has 0 spiro atoms. The molecule has 4 nitrogen and oxygen atoms in total. The lowest BCUT2D eigenvalue weighted by Crippen LogP contribution is -2.18. The standard InChI is InChI=1S/C9H10BrNO3S/c1-6(12)8-4-3-7(5-9(8)10)15(13,14)11-2/h3-5,11H,1-2H3. The summed E-state index contributed by atoms with van der Waals surface area (Å²) in [5.41, 5.74) is 0.463. The summed E-state index contributed by atoms with van der Waals surface area (Å²) in [5, 5.41) is 0. The van der Waals surface area contributed by atoms with Crippen molar-refractivity contribution in [2.75, 3.05) is 7.05 Å². The van der Waals surface area contributed by atoms with Gasteiger partial charge >= 0.3 is 0 Å². The summed E-state index contributed by atoms with van der Waals surface area (Å²) in [6.45, 7) is 1.42. The number of halogens is 1. The predicted octanol–water partition coefficient (Wildman–Crippen LogP) is 1.56. The Labute approximate surface area is 96.9 Å². The number of rotatable bonds is 3. The van der Waals surface area contributed by atoms with E-state index in [0.29, 0.717) is 10.0 Å². The number of nitrogens with one attached hydrogen (secondary N) is 1. The number of hydrogen-bond acceptors (Lipinski definition) is 3. The second-order valence-corrected chi connectivity index (χ2v) is 5.65. The molecule has 0 saturated carbocycles. The van der Waals surface area contributed by atoms with Crippen molar-refractivity contribution < 1.29 is 13.2 Å². The smallest absolute Gasteiger partial charge is 0.240 e. The van der Waals surface area contributed by atoms with Gasteiger partial charge in [0.25, 0.3) is 0 Å². The highest BCUT2D eigenvalue weighted by atomic mass is 79.9. The zero-order valence-corrected chi connectivity index (χ0v) is 10.6. The van der Waals surface area contributed by atoms with Crippen LogP contribution >= 0.6 is 15.9 Å². The van der Waals surface area contributed by atoms with Crippen molar-refractivity contribution in [3.05, 3.63) is 28.2 Å². The second kappa shape index (κ2) is 4.42. The molecule has 0 atom stereocenters. The summed E-state index contributed by atoms with van der Waals surface area (Å²) >= 11 is 3.16. The highest BCUT2D eigenvalue weighted by Crippen LogP contribution is 2.21. The van der Waals surface area contributed by atoms with Gasteiger partial charge in [-0.2, -0.15) is 0 Å². The quantitative estimate of drug-likeness (QED) is 0.860. The number of carbonyl (C=O) groups excluding carboxylic acids is 1. The molecular weight excluding hydrogens is 282 g/mol. The van der Waals surface area contributed by atoms with Crippen molar-refractivity contribution in [2.45, 2.75) is 11.8 Å². The monoisotopic (exact) mass is 291 g/mol. The number of sulfonamides is 1. The molecule has 1 rings (SSSR count). The summed E-state index contributed by atoms with van der Waals surface area (Å²) < 4.78 is 25.5. The van der Waals surface area contributed by atoms with Crippen LogP contribution in [-0.4, -0.2) is 21.2 Å². The Balaban J connectivity index is 3.30. The van der Waals surface area contributed by atoms with Crippen molar-refractivity contribution in [1.29, 1.82) is 0 Å². The lowest BCUT2D eigenvalue weighted by atomic mass is 10.2. The van der Waals surface area contributed by atoms with E-state index in [9.17, 15) is 13.2 Å². The fraction of sp³-hybridized carbons (Fsp3) is 0.222. The van der Waals surface area contributed by atoms with Gasteiger partial charge in [0.1, 0.15) is 0 Å². The molecule has 0 fully saturated rings. The third-order valence-corrected chi connectivity index (χ3v) is 3.97. The third-order valence-electron chi connectivity index (χ3n) is 1.90. The van der Waals surface area contributed by atoms with Crippen LogP contribution in [-0.2, 0) is 10.0 Å². The van der Waals surface area contributed by atoms with Crippen LogP contribution in [0.15, 0.2) is 27.6 Å². The van der Waals surface area contributed by atoms with Crippen LogP contribution in [0.3, 0.4) is 0 Å². The van der Waals surface area contributed by atoms with Crippen molar-refractivity contribution in [2.24, 2.45) is 0 Å². The molecule has 0 aromatic heterocycles. The summed E-state index contributed by atoms with van der Waals surface area (Å²) in [6.07, 6.45) is 0. The summed E-state index contributed by atoms with van der Waals surface area (Å²) in [7, 11) is -2.12. The Morgan fingerprint density at radius 1 is 1.40 bits per heavy atom. The van der Waals surface area contributed by atoms with E-state index in [1.54, 1.807) is 0 Å². The predicted molar refractivity (Wildman–Crippen MR) is 60.4 cm³/mol. The van der Waals surface area contributed by atoms with E-state index in [0.717, 1.165) is 0 Å². The molecule has 82 valence electrons. The topological polar surface area (TPSA) is 63.2 Å². The van der Waals surface area contributed by atoms with Gasteiger partial charge in [-0.1, -0.05) is 15.9 Å². The average Bonchev–Trinajstić information content (AvgIpc) is 2.17. The second-order valence-electron chi connectivity index (χ2n) is 2.91. The van der Waals surface area contributed by atoms with Gasteiger partial charge in [0.15, 0.2) is 5.78 Å². The SMILES string of the molecule is CNS(=O)(=O)c1ccc(C(C)=O)c(Br)c1. The van der Waals surface area contributed by atoms with Gasteiger partial charge in [0.2, 0.25) is 10.0 Å². The maximum atomic E-state index is 11.4. The molecule has 0 saturated heterocycles. The van der Waals surface area contributed by atoms with E-state index in [1.807, 2.05) is 0 Å². The van der Waals surface area contributed by atoms with Crippen molar-refractivity contribution in [3.8, 4) is 0 Å². The fourth-order valence-corrected chi connectivity index (χ4v) is 2.63. The van der Waals surface area contributed by atoms with Gasteiger partial charge in [-0.25, -0.2) is 13.1 Å². The molecule has 0 aliphatic carbocycles. The van der Waals surface area contributed by atoms with Gasteiger partial charge in [-0.05, 0) is 32.2 Å². The first-order valence-corrected chi connectivity index (χ1v) is 6.40. The normalized spacial score (nSPS) is 11.4. The number of hydrogen-bond donors (Lipinski definition) is 1. The van der Waals surface area contributed by atoms with Crippen LogP contribution in [0.5, 0.6) is 0 Å². The third kappa shape index (κ3) is 2.64. The molecule has 6 heteroatoms. The molecule has 0 aliphatic heterocycles. The molecule has 0 heterocycles. The van der Waals surface area contributed by atoms with Crippen molar-refractivity contribution in [3.63, 3.8) is 0 Å². The maximum Gasteiger partial charge on any atom is 0.240 e. The average molecular weight is 292 g/mol. The Hall–Kier alpha value is -0.720. The van der Waals surface area contributed by atoms with E-state index in [1.165, 1.54) is 32.2 Å². The maximum absolute atomic E-state index is 11.4. The summed E-state index contributed by atoms with van der Waals surface area (Å²) in [5.74, 6) is -0.115. The van der Waals surface area contributed by atoms with Crippen molar-refractivity contribution in [1.82, 2.24) is 4.72 Å². The molecule has 0 radical (unpaired) electrons. The van der Waals surface area contributed by atoms with Crippen LogP contribution < -0.4 is 4.72 Å². The first-order valence-electron chi connectivity index (χ1n) is 4.12. The highest BCUT2D eigenvalue weighted by molar-refractivity contribution is 9.10. The Morgan fingerprint density at radius 3 is 2.40 bits per heavy atom. The zero-order chi connectivity index (χ0) is 11.6. The van der Waals surface area contributed by atoms with Crippen LogP contribution in [0.4, 0.5) is 0 Å². The molecule has 0 unspecified atom stereocenters. The lowest BCUT2D eigenvalue weighted by molar-refractivity contribution is 0.101. The van der Waals surface area contributed by atoms with E-state index in [-0.39, 0.29) is 10.7 Å². The molecule has 1 aromatic rings. The fourth-order valence-electron chi connectivity index (χ4n) is 1.07. The Kier molecular flexibility index (Phi) is 3.64. The minimum absolute atomic E-state index is 0.115. The Morgan fingerprint density at radius 2 is 2.00 bits per heavy atom. The van der Waals surface area contributed by atoms with E-state index >= 15 is 0 Å². The van der Waals surface area contributed by atoms with Crippen LogP contribution in [0.25, 0.3) is 0 Å². The molecule has 1 N–H and O–H groups in total.